The zero-order chi connectivity index (χ0) is 16.1. The van der Waals surface area contributed by atoms with Crippen molar-refractivity contribution in [3.63, 3.8) is 0 Å². The van der Waals surface area contributed by atoms with E-state index in [4.69, 9.17) is 16.3 Å². The van der Waals surface area contributed by atoms with Gasteiger partial charge in [-0.3, -0.25) is 0 Å². The molecule has 2 aromatic rings. The Balaban J connectivity index is 2.27. The van der Waals surface area contributed by atoms with E-state index >= 15 is 0 Å². The zero-order valence-corrected chi connectivity index (χ0v) is 14.2. The van der Waals surface area contributed by atoms with Gasteiger partial charge in [-0.2, -0.15) is 0 Å². The van der Waals surface area contributed by atoms with Crippen LogP contribution in [-0.2, 0) is 6.42 Å². The highest BCUT2D eigenvalue weighted by Gasteiger charge is 2.32. The zero-order valence-electron chi connectivity index (χ0n) is 13.5. The molecule has 1 N–H and O–H groups in total. The van der Waals surface area contributed by atoms with Gasteiger partial charge in [0.25, 0.3) is 0 Å². The van der Waals surface area contributed by atoms with Crippen molar-refractivity contribution in [2.45, 2.75) is 46.1 Å². The molecule has 3 heteroatoms. The van der Waals surface area contributed by atoms with Gasteiger partial charge in [-0.15, -0.1) is 0 Å². The van der Waals surface area contributed by atoms with Crippen LogP contribution in [0.15, 0.2) is 24.3 Å². The fourth-order valence-electron chi connectivity index (χ4n) is 3.08. The van der Waals surface area contributed by atoms with Gasteiger partial charge in [-0.25, -0.2) is 0 Å². The first-order chi connectivity index (χ1) is 10.3. The smallest absolute Gasteiger partial charge is 0.127 e. The maximum atomic E-state index is 10.7. The van der Waals surface area contributed by atoms with Gasteiger partial charge in [0.1, 0.15) is 17.1 Å². The van der Waals surface area contributed by atoms with Crippen molar-refractivity contribution in [3.8, 4) is 22.6 Å². The second-order valence-electron chi connectivity index (χ2n) is 6.65. The van der Waals surface area contributed by atoms with Gasteiger partial charge in [0, 0.05) is 16.1 Å². The lowest BCUT2D eigenvalue weighted by Crippen LogP contribution is -2.33. The van der Waals surface area contributed by atoms with Gasteiger partial charge in [-0.1, -0.05) is 23.7 Å². The van der Waals surface area contributed by atoms with Crippen molar-refractivity contribution in [1.82, 2.24) is 0 Å². The van der Waals surface area contributed by atoms with E-state index in [0.29, 0.717) is 10.8 Å². The fraction of sp³-hybridized carbons (Fsp3) is 0.368. The molecular formula is C19H21ClO2. The highest BCUT2D eigenvalue weighted by molar-refractivity contribution is 6.30. The molecule has 0 aromatic heterocycles. The molecule has 0 unspecified atom stereocenters. The van der Waals surface area contributed by atoms with Crippen LogP contribution in [0.4, 0.5) is 0 Å². The van der Waals surface area contributed by atoms with Crippen molar-refractivity contribution in [3.05, 3.63) is 46.0 Å². The molecule has 0 fully saturated rings. The van der Waals surface area contributed by atoms with E-state index in [2.05, 4.69) is 13.8 Å². The summed E-state index contributed by atoms with van der Waals surface area (Å²) in [6.07, 6.45) is 1.83. The van der Waals surface area contributed by atoms with Crippen molar-refractivity contribution >= 4 is 11.6 Å². The summed E-state index contributed by atoms with van der Waals surface area (Å²) < 4.78 is 6.23. The Hall–Kier alpha value is -1.67. The van der Waals surface area contributed by atoms with Crippen LogP contribution in [0.1, 0.15) is 37.0 Å². The third-order valence-electron chi connectivity index (χ3n) is 4.56. The minimum atomic E-state index is -0.168. The van der Waals surface area contributed by atoms with Crippen molar-refractivity contribution in [1.29, 1.82) is 0 Å². The molecule has 1 heterocycles. The number of rotatable bonds is 1. The maximum absolute atomic E-state index is 10.7. The summed E-state index contributed by atoms with van der Waals surface area (Å²) in [5.41, 5.74) is 4.69. The summed E-state index contributed by atoms with van der Waals surface area (Å²) in [6, 6.07) is 7.61. The van der Waals surface area contributed by atoms with Crippen LogP contribution in [0.2, 0.25) is 5.02 Å². The van der Waals surface area contributed by atoms with Gasteiger partial charge in [0.15, 0.2) is 0 Å². The lowest BCUT2D eigenvalue weighted by Gasteiger charge is -2.35. The predicted molar refractivity (Wildman–Crippen MR) is 91.1 cm³/mol. The number of phenolic OH excluding ortho intramolecular Hbond substituents is 1. The standard InChI is InChI=1S/C19H21ClO2/c1-11-12(2)18-15(9-10-19(3,4)22-18)16(17(11)21)13-5-7-14(20)8-6-13/h5-8,21H,9-10H2,1-4H3. The third-order valence-corrected chi connectivity index (χ3v) is 4.81. The molecule has 0 spiro atoms. The van der Waals surface area contributed by atoms with Gasteiger partial charge in [0.05, 0.1) is 0 Å². The van der Waals surface area contributed by atoms with E-state index < -0.39 is 0 Å². The Morgan fingerprint density at radius 3 is 2.36 bits per heavy atom. The molecule has 22 heavy (non-hydrogen) atoms. The van der Waals surface area contributed by atoms with Crippen LogP contribution in [-0.4, -0.2) is 10.7 Å². The molecule has 116 valence electrons. The summed E-state index contributed by atoms with van der Waals surface area (Å²) in [5.74, 6) is 1.28. The minimum absolute atomic E-state index is 0.168. The molecule has 3 rings (SSSR count). The molecule has 2 nitrogen and oxygen atoms in total. The summed E-state index contributed by atoms with van der Waals surface area (Å²) in [6.45, 7) is 8.18. The Kier molecular flexibility index (Phi) is 3.60. The molecule has 0 bridgehead atoms. The van der Waals surface area contributed by atoms with Crippen LogP contribution < -0.4 is 4.74 Å². The Labute approximate surface area is 136 Å². The first-order valence-corrected chi connectivity index (χ1v) is 7.98. The minimum Gasteiger partial charge on any atom is -0.507 e. The lowest BCUT2D eigenvalue weighted by molar-refractivity contribution is 0.0836. The Morgan fingerprint density at radius 1 is 1.09 bits per heavy atom. The molecule has 0 radical (unpaired) electrons. The summed E-state index contributed by atoms with van der Waals surface area (Å²) in [5, 5.41) is 11.4. The van der Waals surface area contributed by atoms with E-state index in [1.165, 1.54) is 0 Å². The highest BCUT2D eigenvalue weighted by Crippen LogP contribution is 2.47. The lowest BCUT2D eigenvalue weighted by atomic mass is 9.85. The first-order valence-electron chi connectivity index (χ1n) is 7.60. The van der Waals surface area contributed by atoms with Gasteiger partial charge in [0.2, 0.25) is 0 Å². The van der Waals surface area contributed by atoms with Crippen molar-refractivity contribution in [2.75, 3.05) is 0 Å². The summed E-state index contributed by atoms with van der Waals surface area (Å²) in [7, 11) is 0. The number of ether oxygens (including phenoxy) is 1. The summed E-state index contributed by atoms with van der Waals surface area (Å²) in [4.78, 5) is 0. The topological polar surface area (TPSA) is 29.5 Å². The molecule has 0 atom stereocenters. The van der Waals surface area contributed by atoms with Gasteiger partial charge in [-0.05, 0) is 69.4 Å². The SMILES string of the molecule is Cc1c(C)c2c(c(-c3ccc(Cl)cc3)c1O)CCC(C)(C)O2. The molecule has 0 aliphatic carbocycles. The number of aromatic hydroxyl groups is 1. The highest BCUT2D eigenvalue weighted by atomic mass is 35.5. The quantitative estimate of drug-likeness (QED) is 0.759. The number of benzene rings is 2. The average Bonchev–Trinajstić information content (AvgIpc) is 2.47. The number of halogens is 1. The van der Waals surface area contributed by atoms with Crippen molar-refractivity contribution in [2.24, 2.45) is 0 Å². The van der Waals surface area contributed by atoms with Gasteiger partial charge < -0.3 is 9.84 Å². The largest absolute Gasteiger partial charge is 0.507 e. The second-order valence-corrected chi connectivity index (χ2v) is 7.09. The Bertz CT molecular complexity index is 730. The monoisotopic (exact) mass is 316 g/mol. The van der Waals surface area contributed by atoms with E-state index in [1.807, 2.05) is 38.1 Å². The van der Waals surface area contributed by atoms with E-state index in [1.54, 1.807) is 0 Å². The number of phenols is 1. The van der Waals surface area contributed by atoms with Gasteiger partial charge >= 0.3 is 0 Å². The number of fused-ring (bicyclic) bond motifs is 1. The molecule has 2 aromatic carbocycles. The maximum Gasteiger partial charge on any atom is 0.127 e. The molecule has 0 amide bonds. The molecular weight excluding hydrogens is 296 g/mol. The van der Waals surface area contributed by atoms with E-state index in [-0.39, 0.29) is 5.60 Å². The normalized spacial score (nSPS) is 16.0. The average molecular weight is 317 g/mol. The molecule has 0 saturated carbocycles. The van der Waals surface area contributed by atoms with Crippen LogP contribution in [0.5, 0.6) is 11.5 Å². The Morgan fingerprint density at radius 2 is 1.73 bits per heavy atom. The van der Waals surface area contributed by atoms with E-state index in [0.717, 1.165) is 46.4 Å². The summed E-state index contributed by atoms with van der Waals surface area (Å²) >= 11 is 5.99. The van der Waals surface area contributed by atoms with Crippen molar-refractivity contribution < 1.29 is 9.84 Å². The molecule has 0 saturated heterocycles. The first kappa shape index (κ1) is 15.2. The van der Waals surface area contributed by atoms with Crippen LogP contribution in [0, 0.1) is 13.8 Å². The fourth-order valence-corrected chi connectivity index (χ4v) is 3.20. The van der Waals surface area contributed by atoms with Crippen LogP contribution in [0.3, 0.4) is 0 Å². The van der Waals surface area contributed by atoms with E-state index in [9.17, 15) is 5.11 Å². The number of hydrogen-bond donors (Lipinski definition) is 1. The number of hydrogen-bond acceptors (Lipinski definition) is 2. The van der Waals surface area contributed by atoms with Crippen LogP contribution in [0.25, 0.3) is 11.1 Å². The molecule has 1 aliphatic heterocycles. The third kappa shape index (κ3) is 2.46. The second kappa shape index (κ2) is 5.20. The molecule has 1 aliphatic rings. The predicted octanol–water partition coefficient (Wildman–Crippen LogP) is 5.43. The van der Waals surface area contributed by atoms with Crippen LogP contribution >= 0.6 is 11.6 Å².